The first kappa shape index (κ1) is 59.3. The van der Waals surface area contributed by atoms with Crippen LogP contribution >= 0.6 is 0 Å². The molecule has 3 N–H and O–H groups in total. The third kappa shape index (κ3) is 48.3. The number of allylic oxidation sites excluding steroid dienone is 15. The molecule has 2 unspecified atom stereocenters. The number of carbonyl (C=O) groups is 1. The van der Waals surface area contributed by atoms with Gasteiger partial charge in [0.2, 0.25) is 5.91 Å². The third-order valence-electron chi connectivity index (χ3n) is 11.6. The van der Waals surface area contributed by atoms with E-state index in [4.69, 9.17) is 0 Å². The van der Waals surface area contributed by atoms with Gasteiger partial charge in [-0.2, -0.15) is 0 Å². The minimum atomic E-state index is -0.865. The molecule has 0 radical (unpaired) electrons. The number of hydrogen-bond acceptors (Lipinski definition) is 3. The number of rotatable bonds is 47. The molecule has 1 amide bonds. The normalized spacial score (nSPS) is 13.7. The van der Waals surface area contributed by atoms with E-state index in [1.54, 1.807) is 6.08 Å². The fourth-order valence-electron chi connectivity index (χ4n) is 7.55. The topological polar surface area (TPSA) is 69.6 Å². The summed E-state index contributed by atoms with van der Waals surface area (Å²) in [6.45, 7) is 4.18. The molecule has 0 rings (SSSR count). The molecule has 4 heteroatoms. The first-order valence-corrected chi connectivity index (χ1v) is 26.5. The zero-order valence-corrected chi connectivity index (χ0v) is 40.9. The summed E-state index contributed by atoms with van der Waals surface area (Å²) in [5.41, 5.74) is 0. The second-order valence-electron chi connectivity index (χ2n) is 17.6. The van der Waals surface area contributed by atoms with E-state index in [0.29, 0.717) is 6.42 Å². The Bertz CT molecular complexity index is 1160. The van der Waals surface area contributed by atoms with Crippen molar-refractivity contribution in [2.75, 3.05) is 6.61 Å². The average Bonchev–Trinajstić information content (AvgIpc) is 3.28. The second-order valence-corrected chi connectivity index (χ2v) is 17.6. The summed E-state index contributed by atoms with van der Waals surface area (Å²) in [7, 11) is 0. The van der Waals surface area contributed by atoms with Crippen LogP contribution in [-0.2, 0) is 4.79 Å². The van der Waals surface area contributed by atoms with Crippen LogP contribution in [0.2, 0.25) is 0 Å². The van der Waals surface area contributed by atoms with Crippen LogP contribution in [0, 0.1) is 0 Å². The largest absolute Gasteiger partial charge is 0.394 e. The predicted molar refractivity (Wildman–Crippen MR) is 276 cm³/mol. The van der Waals surface area contributed by atoms with Gasteiger partial charge in [-0.1, -0.05) is 252 Å². The summed E-state index contributed by atoms with van der Waals surface area (Å²) in [5.74, 6) is -0.0761. The van der Waals surface area contributed by atoms with E-state index >= 15 is 0 Å². The Hall–Kier alpha value is -2.69. The fourth-order valence-corrected chi connectivity index (χ4v) is 7.55. The minimum Gasteiger partial charge on any atom is -0.394 e. The number of aliphatic hydroxyl groups is 2. The zero-order chi connectivity index (χ0) is 44.9. The summed E-state index contributed by atoms with van der Waals surface area (Å²) >= 11 is 0. The number of amides is 1. The third-order valence-corrected chi connectivity index (χ3v) is 11.6. The van der Waals surface area contributed by atoms with Crippen molar-refractivity contribution in [1.29, 1.82) is 0 Å². The van der Waals surface area contributed by atoms with Crippen LogP contribution in [0.4, 0.5) is 0 Å². The van der Waals surface area contributed by atoms with E-state index in [1.165, 1.54) is 154 Å². The number of aliphatic hydroxyl groups excluding tert-OH is 2. The zero-order valence-electron chi connectivity index (χ0n) is 40.9. The van der Waals surface area contributed by atoms with Gasteiger partial charge in [0.15, 0.2) is 0 Å². The lowest BCUT2D eigenvalue weighted by molar-refractivity contribution is -0.123. The molecule has 0 bridgehead atoms. The molecule has 0 aliphatic carbocycles. The fraction of sp³-hybridized carbons (Fsp3) is 0.707. The highest BCUT2D eigenvalue weighted by Crippen LogP contribution is 2.15. The molecule has 0 aliphatic rings. The molecule has 0 aliphatic heterocycles. The predicted octanol–water partition coefficient (Wildman–Crippen LogP) is 17.4. The van der Waals surface area contributed by atoms with E-state index in [1.807, 2.05) is 6.08 Å². The summed E-state index contributed by atoms with van der Waals surface area (Å²) < 4.78 is 0. The van der Waals surface area contributed by atoms with Crippen molar-refractivity contribution in [2.24, 2.45) is 0 Å². The molecule has 0 saturated heterocycles. The van der Waals surface area contributed by atoms with Crippen molar-refractivity contribution in [1.82, 2.24) is 5.32 Å². The molecule has 0 spiro atoms. The molecule has 0 saturated carbocycles. The number of hydrogen-bond donors (Lipinski definition) is 3. The SMILES string of the molecule is CC/C=C\C/C=C\C/C=C\C/C=C\C/C=C\C/C=C\CCCCCCCCCCCCCCCCCCC(=O)NC(CO)C(O)/C=C/CC/C=C/CCCCCCCCCCC. The van der Waals surface area contributed by atoms with Crippen LogP contribution in [0.25, 0.3) is 0 Å². The van der Waals surface area contributed by atoms with Gasteiger partial charge >= 0.3 is 0 Å². The number of unbranched alkanes of at least 4 members (excludes halogenated alkanes) is 26. The summed E-state index contributed by atoms with van der Waals surface area (Å²) in [6, 6.07) is -0.643. The van der Waals surface area contributed by atoms with Gasteiger partial charge in [-0.05, 0) is 83.5 Å². The maximum Gasteiger partial charge on any atom is 0.220 e. The number of carbonyl (C=O) groups excluding carboxylic acids is 1. The Morgan fingerprint density at radius 3 is 1.13 bits per heavy atom. The van der Waals surface area contributed by atoms with Gasteiger partial charge in [0.05, 0.1) is 18.8 Å². The van der Waals surface area contributed by atoms with Crippen LogP contribution in [0.5, 0.6) is 0 Å². The van der Waals surface area contributed by atoms with Crippen LogP contribution in [0.1, 0.15) is 245 Å². The van der Waals surface area contributed by atoms with E-state index in [0.717, 1.165) is 70.6 Å². The molecule has 356 valence electrons. The molecular weight excluding hydrogens is 759 g/mol. The first-order valence-electron chi connectivity index (χ1n) is 26.5. The Kier molecular flexibility index (Phi) is 50.4. The lowest BCUT2D eigenvalue weighted by Gasteiger charge is -2.19. The van der Waals surface area contributed by atoms with Gasteiger partial charge in [-0.15, -0.1) is 0 Å². The molecule has 4 nitrogen and oxygen atoms in total. The molecular formula is C58H101NO3. The molecule has 0 fully saturated rings. The molecule has 0 heterocycles. The van der Waals surface area contributed by atoms with E-state index < -0.39 is 12.1 Å². The second kappa shape index (κ2) is 52.7. The monoisotopic (exact) mass is 860 g/mol. The molecule has 0 aromatic heterocycles. The Morgan fingerprint density at radius 2 is 0.726 bits per heavy atom. The Balaban J connectivity index is 3.53. The maximum atomic E-state index is 12.4. The molecule has 2 atom stereocenters. The lowest BCUT2D eigenvalue weighted by Crippen LogP contribution is -2.45. The Labute approximate surface area is 385 Å². The van der Waals surface area contributed by atoms with Crippen molar-refractivity contribution in [3.63, 3.8) is 0 Å². The van der Waals surface area contributed by atoms with E-state index in [9.17, 15) is 15.0 Å². The maximum absolute atomic E-state index is 12.4. The van der Waals surface area contributed by atoms with Gasteiger partial charge in [0.1, 0.15) is 0 Å². The van der Waals surface area contributed by atoms with Crippen molar-refractivity contribution in [3.05, 3.63) is 97.2 Å². The highest BCUT2D eigenvalue weighted by molar-refractivity contribution is 5.76. The van der Waals surface area contributed by atoms with Crippen LogP contribution in [0.3, 0.4) is 0 Å². The molecule has 62 heavy (non-hydrogen) atoms. The van der Waals surface area contributed by atoms with Crippen molar-refractivity contribution < 1.29 is 15.0 Å². The minimum absolute atomic E-state index is 0.0761. The molecule has 0 aromatic rings. The van der Waals surface area contributed by atoms with E-state index in [-0.39, 0.29) is 12.5 Å². The van der Waals surface area contributed by atoms with Gasteiger partial charge in [0, 0.05) is 6.42 Å². The van der Waals surface area contributed by atoms with Gasteiger partial charge in [0.25, 0.3) is 0 Å². The van der Waals surface area contributed by atoms with Gasteiger partial charge in [-0.3, -0.25) is 4.79 Å². The van der Waals surface area contributed by atoms with Crippen molar-refractivity contribution in [3.8, 4) is 0 Å². The van der Waals surface area contributed by atoms with E-state index in [2.05, 4.69) is 104 Å². The smallest absolute Gasteiger partial charge is 0.220 e. The van der Waals surface area contributed by atoms with Crippen molar-refractivity contribution in [2.45, 2.75) is 257 Å². The highest BCUT2D eigenvalue weighted by Gasteiger charge is 2.17. The summed E-state index contributed by atoms with van der Waals surface area (Å²) in [5, 5.41) is 23.1. The standard InChI is InChI=1S/C58H101NO3/c1-3-5-7-9-11-13-15-17-19-20-21-22-23-24-25-26-27-28-29-30-31-32-33-34-35-36-37-38-40-42-44-46-48-50-52-54-58(62)59-56(55-60)57(61)53-51-49-47-45-43-41-39-18-16-14-12-10-8-6-4-2/h5,7,11,13,17,19,21-22,24-25,27-28,43,45,51,53,56-57,60-61H,3-4,6,8-10,12,14-16,18,20,23,26,29-42,44,46-50,52,54-55H2,1-2H3,(H,59,62)/b7-5-,13-11-,19-17-,22-21-,25-24-,28-27-,45-43+,53-51+. The van der Waals surface area contributed by atoms with Crippen LogP contribution in [-0.4, -0.2) is 34.9 Å². The van der Waals surface area contributed by atoms with Gasteiger partial charge in [-0.25, -0.2) is 0 Å². The van der Waals surface area contributed by atoms with Crippen LogP contribution < -0.4 is 5.32 Å². The van der Waals surface area contributed by atoms with Crippen LogP contribution in [0.15, 0.2) is 97.2 Å². The lowest BCUT2D eigenvalue weighted by atomic mass is 10.0. The van der Waals surface area contributed by atoms with Gasteiger partial charge < -0.3 is 15.5 Å². The Morgan fingerprint density at radius 1 is 0.403 bits per heavy atom. The first-order chi connectivity index (χ1) is 30.7. The quantitative estimate of drug-likeness (QED) is 0.0422. The molecule has 0 aromatic carbocycles. The highest BCUT2D eigenvalue weighted by atomic mass is 16.3. The average molecular weight is 860 g/mol. The van der Waals surface area contributed by atoms with Crippen molar-refractivity contribution >= 4 is 5.91 Å². The summed E-state index contributed by atoms with van der Waals surface area (Å²) in [4.78, 5) is 12.4. The number of nitrogens with one attached hydrogen (secondary N) is 1. The summed E-state index contributed by atoms with van der Waals surface area (Å²) in [6.07, 6.45) is 78.4.